The molecule has 3 N–H and O–H groups in total. The Balaban J connectivity index is 1.18. The topological polar surface area (TPSA) is 163 Å². The van der Waals surface area contributed by atoms with E-state index in [2.05, 4.69) is 34.9 Å². The molecule has 2 aliphatic rings. The largest absolute Gasteiger partial charge is 0.496 e. The average Bonchev–Trinajstić information content (AvgIpc) is 3.79. The van der Waals surface area contributed by atoms with Gasteiger partial charge < -0.3 is 34.8 Å². The Hall–Kier alpha value is -6.12. The van der Waals surface area contributed by atoms with E-state index in [4.69, 9.17) is 10.6 Å². The predicted molar refractivity (Wildman–Crippen MR) is 194 cm³/mol. The Labute approximate surface area is 293 Å². The Kier molecular flexibility index (Phi) is 9.42. The molecular weight excluding hydrogens is 653 g/mol. The van der Waals surface area contributed by atoms with Crippen molar-refractivity contribution in [2.45, 2.75) is 12.8 Å². The van der Waals surface area contributed by atoms with Crippen LogP contribution in [-0.4, -0.2) is 111 Å². The minimum absolute atomic E-state index is 0.0776. The maximum absolute atomic E-state index is 16.7. The van der Waals surface area contributed by atoms with Crippen molar-refractivity contribution >= 4 is 57.7 Å². The molecule has 14 nitrogen and oxygen atoms in total. The lowest BCUT2D eigenvalue weighted by molar-refractivity contribution is -0.130. The quantitative estimate of drug-likeness (QED) is 0.135. The molecule has 15 heteroatoms. The van der Waals surface area contributed by atoms with Crippen LogP contribution in [0.25, 0.3) is 38.8 Å². The molecule has 2 amide bonds. The summed E-state index contributed by atoms with van der Waals surface area (Å²) in [7, 11) is 3.49. The zero-order valence-electron chi connectivity index (χ0n) is 28.4. The van der Waals surface area contributed by atoms with Gasteiger partial charge in [-0.05, 0) is 35.8 Å². The number of aliphatic imine (C=N–C) groups is 1. The zero-order valence-corrected chi connectivity index (χ0v) is 28.4. The number of nitrogens with zero attached hydrogens (tertiary/aromatic N) is 9. The van der Waals surface area contributed by atoms with Crippen LogP contribution in [0.15, 0.2) is 65.2 Å². The van der Waals surface area contributed by atoms with E-state index in [0.29, 0.717) is 79.2 Å². The monoisotopic (exact) mass is 691 g/mol. The number of aromatic amines is 1. The molecule has 0 radical (unpaired) electrons. The molecule has 0 atom stereocenters. The van der Waals surface area contributed by atoms with Crippen molar-refractivity contribution in [3.63, 3.8) is 0 Å². The summed E-state index contributed by atoms with van der Waals surface area (Å²) >= 11 is 0. The first-order valence-corrected chi connectivity index (χ1v) is 16.7. The first-order chi connectivity index (χ1) is 24.9. The third-order valence-electron chi connectivity index (χ3n) is 9.40. The maximum atomic E-state index is 16.7. The van der Waals surface area contributed by atoms with E-state index < -0.39 is 5.82 Å². The lowest BCUT2D eigenvalue weighted by Gasteiger charge is -2.35. The van der Waals surface area contributed by atoms with E-state index in [0.717, 1.165) is 16.9 Å². The molecule has 3 aromatic heterocycles. The summed E-state index contributed by atoms with van der Waals surface area (Å²) in [5.41, 5.74) is 4.48. The summed E-state index contributed by atoms with van der Waals surface area (Å²) in [6.07, 6.45) is 8.78. The van der Waals surface area contributed by atoms with Gasteiger partial charge in [-0.1, -0.05) is 24.3 Å². The summed E-state index contributed by atoms with van der Waals surface area (Å²) in [4.78, 5) is 53.0. The number of nitrogens with two attached hydrogens (primary N) is 1. The number of hydrazone groups is 1. The highest BCUT2D eigenvalue weighted by Gasteiger charge is 2.29. The fourth-order valence-corrected chi connectivity index (χ4v) is 6.82. The van der Waals surface area contributed by atoms with Crippen LogP contribution >= 0.6 is 0 Å². The van der Waals surface area contributed by atoms with Gasteiger partial charge in [0.1, 0.15) is 23.3 Å². The number of nitrogens with one attached hydrogen (secondary N) is 1. The first-order valence-electron chi connectivity index (χ1n) is 16.7. The highest BCUT2D eigenvalue weighted by molar-refractivity contribution is 6.15. The number of carbonyl (C=O) groups excluding carboxylic acids is 2. The predicted octanol–water partition coefficient (Wildman–Crippen LogP) is 3.64. The molecule has 7 rings (SSSR count). The van der Waals surface area contributed by atoms with E-state index in [1.165, 1.54) is 18.8 Å². The van der Waals surface area contributed by atoms with E-state index in [1.54, 1.807) is 35.4 Å². The third kappa shape index (κ3) is 6.49. The van der Waals surface area contributed by atoms with Crippen molar-refractivity contribution in [1.82, 2.24) is 34.3 Å². The van der Waals surface area contributed by atoms with Gasteiger partial charge in [0.05, 0.1) is 25.2 Å². The number of fused-ring (bicyclic) bond motifs is 2. The van der Waals surface area contributed by atoms with Crippen molar-refractivity contribution in [2.24, 2.45) is 23.0 Å². The van der Waals surface area contributed by atoms with Gasteiger partial charge in [-0.25, -0.2) is 19.3 Å². The molecule has 262 valence electrons. The van der Waals surface area contributed by atoms with Gasteiger partial charge in [0.25, 0.3) is 5.91 Å². The van der Waals surface area contributed by atoms with Crippen molar-refractivity contribution in [3.05, 3.63) is 72.2 Å². The lowest BCUT2D eigenvalue weighted by atomic mass is 9.93. The van der Waals surface area contributed by atoms with Crippen LogP contribution in [0.3, 0.4) is 0 Å². The molecule has 0 spiro atoms. The van der Waals surface area contributed by atoms with E-state index >= 15 is 4.39 Å². The second-order valence-electron chi connectivity index (χ2n) is 12.4. The van der Waals surface area contributed by atoms with Crippen LogP contribution in [0.4, 0.5) is 10.2 Å². The second-order valence-corrected chi connectivity index (χ2v) is 12.4. The minimum Gasteiger partial charge on any atom is -0.496 e. The number of hydrogen-bond donors (Lipinski definition) is 2. The highest BCUT2D eigenvalue weighted by atomic mass is 19.1. The summed E-state index contributed by atoms with van der Waals surface area (Å²) < 4.78 is 24.3. The zero-order chi connectivity index (χ0) is 35.5. The molecule has 5 heterocycles. The number of carbonyl (C=O) groups is 2. The summed E-state index contributed by atoms with van der Waals surface area (Å²) in [6.45, 7) is 3.09. The van der Waals surface area contributed by atoms with Gasteiger partial charge in [-0.3, -0.25) is 14.6 Å². The fraction of sp³-hybridized carbons (Fsp3) is 0.306. The smallest absolute Gasteiger partial charge is 0.270 e. The summed E-state index contributed by atoms with van der Waals surface area (Å²) in [5, 5.41) is 3.92. The fourth-order valence-electron chi connectivity index (χ4n) is 6.82. The number of methoxy groups -OCH3 is 1. The number of hydrogen-bond acceptors (Lipinski definition) is 10. The lowest BCUT2D eigenvalue weighted by Crippen LogP contribution is -2.49. The van der Waals surface area contributed by atoms with Crippen molar-refractivity contribution in [1.29, 1.82) is 0 Å². The van der Waals surface area contributed by atoms with Gasteiger partial charge in [-0.2, -0.15) is 5.10 Å². The number of aromatic nitrogens is 5. The van der Waals surface area contributed by atoms with Crippen molar-refractivity contribution in [2.75, 3.05) is 57.8 Å². The molecule has 0 bridgehead atoms. The molecule has 2 aliphatic heterocycles. The molecule has 0 aliphatic carbocycles. The SMILES string of the molecule is COc1ccccc1-c1cc(C2=CCCN(C(=O)CCN=C/C=N\N)C2)c(F)c2[nH]c(C(=O)N3CCN(c4ncnc5ncn(C)c45)CC3)cc12. The van der Waals surface area contributed by atoms with Crippen LogP contribution in [0.2, 0.25) is 0 Å². The number of aryl methyl sites for hydroxylation is 1. The molecule has 0 unspecified atom stereocenters. The number of H-pyrrole nitrogens is 1. The number of rotatable bonds is 9. The number of imidazole rings is 1. The average molecular weight is 692 g/mol. The van der Waals surface area contributed by atoms with E-state index in [-0.39, 0.29) is 36.0 Å². The van der Waals surface area contributed by atoms with Crippen molar-refractivity contribution < 1.29 is 18.7 Å². The van der Waals surface area contributed by atoms with Gasteiger partial charge >= 0.3 is 0 Å². The molecule has 5 aromatic rings. The van der Waals surface area contributed by atoms with Crippen LogP contribution in [-0.2, 0) is 11.8 Å². The Morgan fingerprint density at radius 2 is 1.84 bits per heavy atom. The number of anilines is 1. The molecule has 0 saturated carbocycles. The maximum Gasteiger partial charge on any atom is 0.270 e. The van der Waals surface area contributed by atoms with Gasteiger partial charge in [0.2, 0.25) is 5.91 Å². The van der Waals surface area contributed by atoms with Crippen LogP contribution in [0.1, 0.15) is 28.9 Å². The number of piperazine rings is 1. The number of para-hydroxylation sites is 1. The van der Waals surface area contributed by atoms with Gasteiger partial charge in [-0.15, -0.1) is 0 Å². The normalized spacial score (nSPS) is 15.4. The van der Waals surface area contributed by atoms with Gasteiger partial charge in [0.15, 0.2) is 17.3 Å². The molecular formula is C36H38FN11O3. The van der Waals surface area contributed by atoms with E-state index in [9.17, 15) is 9.59 Å². The minimum atomic E-state index is -0.484. The third-order valence-corrected chi connectivity index (χ3v) is 9.40. The van der Waals surface area contributed by atoms with Crippen molar-refractivity contribution in [3.8, 4) is 16.9 Å². The Morgan fingerprint density at radius 1 is 1.02 bits per heavy atom. The molecule has 1 fully saturated rings. The molecule has 1 saturated heterocycles. The number of ether oxygens (including phenoxy) is 1. The number of halogens is 1. The standard InChI is InChI=1S/C36H38FN11O3/c1-45-22-42-34-33(45)35(41-21-40-34)46-14-16-47(17-15-46)36(50)28-19-27-26(24-7-3-4-8-29(24)51-2)18-25(31(37)32(27)44-28)23-6-5-13-48(20-23)30(49)9-10-39-11-12-43-38/h3-4,6-8,11-12,18-19,21-22,44H,5,9-10,13-17,20,38H2,1-2H3/b39-11?,43-12-. The number of amides is 2. The summed E-state index contributed by atoms with van der Waals surface area (Å²) in [5.74, 6) is 5.69. The Bertz CT molecular complexity index is 2200. The second kappa shape index (κ2) is 14.4. The Morgan fingerprint density at radius 3 is 2.65 bits per heavy atom. The van der Waals surface area contributed by atoms with Gasteiger partial charge in [0, 0.05) is 82.0 Å². The highest BCUT2D eigenvalue weighted by Crippen LogP contribution is 2.40. The van der Waals surface area contributed by atoms with Crippen LogP contribution < -0.4 is 15.5 Å². The van der Waals surface area contributed by atoms with Crippen LogP contribution in [0, 0.1) is 5.82 Å². The van der Waals surface area contributed by atoms with Crippen LogP contribution in [0.5, 0.6) is 5.75 Å². The summed E-state index contributed by atoms with van der Waals surface area (Å²) in [6, 6.07) is 11.1. The number of benzene rings is 2. The van der Waals surface area contributed by atoms with E-state index in [1.807, 2.05) is 42.0 Å². The molecule has 51 heavy (non-hydrogen) atoms. The molecule has 2 aromatic carbocycles. The first kappa shape index (κ1) is 33.4.